The van der Waals surface area contributed by atoms with E-state index in [9.17, 15) is 4.79 Å². The highest BCUT2D eigenvalue weighted by Crippen LogP contribution is 2.37. The summed E-state index contributed by atoms with van der Waals surface area (Å²) in [6.45, 7) is 3.46. The van der Waals surface area contributed by atoms with Crippen LogP contribution in [0.2, 0.25) is 0 Å². The van der Waals surface area contributed by atoms with Crippen LogP contribution in [0, 0.1) is 11.8 Å². The number of hydrogen-bond acceptors (Lipinski definition) is 6. The first kappa shape index (κ1) is 14.8. The molecule has 2 aliphatic heterocycles. The van der Waals surface area contributed by atoms with Crippen molar-refractivity contribution in [2.45, 2.75) is 25.2 Å². The van der Waals surface area contributed by atoms with Gasteiger partial charge < -0.3 is 9.80 Å². The van der Waals surface area contributed by atoms with Crippen LogP contribution in [-0.4, -0.2) is 62.1 Å². The van der Waals surface area contributed by atoms with Crippen molar-refractivity contribution in [2.75, 3.05) is 31.1 Å². The highest BCUT2D eigenvalue weighted by molar-refractivity contribution is 5.90. The summed E-state index contributed by atoms with van der Waals surface area (Å²) in [5, 5.41) is 6.43. The van der Waals surface area contributed by atoms with Crippen LogP contribution in [-0.2, 0) is 0 Å². The molecule has 0 spiro atoms. The molecule has 1 saturated carbocycles. The summed E-state index contributed by atoms with van der Waals surface area (Å²) in [6.07, 6.45) is 6.89. The molecule has 3 fully saturated rings. The lowest BCUT2D eigenvalue weighted by Gasteiger charge is -2.26. The summed E-state index contributed by atoms with van der Waals surface area (Å²) in [6, 6.07) is 2.17. The van der Waals surface area contributed by atoms with Crippen LogP contribution < -0.4 is 4.90 Å². The van der Waals surface area contributed by atoms with Crippen LogP contribution in [0.25, 0.3) is 0 Å². The van der Waals surface area contributed by atoms with Gasteiger partial charge in [-0.05, 0) is 12.8 Å². The number of likely N-dealkylation sites (tertiary alicyclic amines) is 1. The van der Waals surface area contributed by atoms with Gasteiger partial charge in [0, 0.05) is 55.7 Å². The predicted octanol–water partition coefficient (Wildman–Crippen LogP) is 1.07. The van der Waals surface area contributed by atoms with Gasteiger partial charge in [-0.15, -0.1) is 0 Å². The Morgan fingerprint density at radius 3 is 2.48 bits per heavy atom. The van der Waals surface area contributed by atoms with Crippen LogP contribution >= 0.6 is 0 Å². The molecule has 25 heavy (non-hydrogen) atoms. The SMILES string of the molecule is O=C(c1ncn[nH]1)N1CC2CN(c3cc(C4CCC4)ncn3)CC2C1. The summed E-state index contributed by atoms with van der Waals surface area (Å²) in [5.74, 6) is 2.94. The second-order valence-electron chi connectivity index (χ2n) is 7.40. The van der Waals surface area contributed by atoms with Gasteiger partial charge >= 0.3 is 0 Å². The molecular weight excluding hydrogens is 318 g/mol. The van der Waals surface area contributed by atoms with E-state index in [1.54, 1.807) is 6.33 Å². The van der Waals surface area contributed by atoms with E-state index in [1.165, 1.54) is 31.3 Å². The molecule has 2 atom stereocenters. The highest BCUT2D eigenvalue weighted by Gasteiger charge is 2.42. The Labute approximate surface area is 145 Å². The fraction of sp³-hybridized carbons (Fsp3) is 0.588. The summed E-state index contributed by atoms with van der Waals surface area (Å²) >= 11 is 0. The quantitative estimate of drug-likeness (QED) is 0.899. The van der Waals surface area contributed by atoms with Crippen molar-refractivity contribution in [3.05, 3.63) is 30.2 Å². The molecule has 0 aromatic carbocycles. The van der Waals surface area contributed by atoms with Crippen LogP contribution in [0.4, 0.5) is 5.82 Å². The first-order valence-corrected chi connectivity index (χ1v) is 8.99. The Morgan fingerprint density at radius 2 is 1.84 bits per heavy atom. The van der Waals surface area contributed by atoms with Gasteiger partial charge in [0.1, 0.15) is 18.5 Å². The number of aromatic amines is 1. The number of fused-ring (bicyclic) bond motifs is 1. The van der Waals surface area contributed by atoms with Gasteiger partial charge in [0.05, 0.1) is 0 Å². The van der Waals surface area contributed by atoms with E-state index >= 15 is 0 Å². The maximum Gasteiger partial charge on any atom is 0.291 e. The molecule has 1 aliphatic carbocycles. The molecule has 130 valence electrons. The average Bonchev–Trinajstić information content (AvgIpc) is 3.28. The van der Waals surface area contributed by atoms with Crippen LogP contribution in [0.15, 0.2) is 18.7 Å². The maximum absolute atomic E-state index is 12.4. The number of anilines is 1. The standard InChI is InChI=1S/C17H21N7O/c25-17(16-20-10-21-22-16)24-7-12-5-23(6-13(12)8-24)15-4-14(18-9-19-15)11-2-1-3-11/h4,9-13H,1-3,5-8H2,(H,20,21,22). The molecular formula is C17H21N7O. The van der Waals surface area contributed by atoms with Crippen LogP contribution in [0.1, 0.15) is 41.5 Å². The maximum atomic E-state index is 12.4. The van der Waals surface area contributed by atoms with Crippen molar-refractivity contribution in [2.24, 2.45) is 11.8 Å². The molecule has 1 N–H and O–H groups in total. The van der Waals surface area contributed by atoms with Gasteiger partial charge in [0.25, 0.3) is 5.91 Å². The van der Waals surface area contributed by atoms with E-state index in [-0.39, 0.29) is 5.91 Å². The summed E-state index contributed by atoms with van der Waals surface area (Å²) in [4.78, 5) is 29.6. The Kier molecular flexibility index (Phi) is 3.43. The van der Waals surface area contributed by atoms with Crippen molar-refractivity contribution < 1.29 is 4.79 Å². The van der Waals surface area contributed by atoms with Crippen molar-refractivity contribution in [3.63, 3.8) is 0 Å². The lowest BCUT2D eigenvalue weighted by molar-refractivity contribution is 0.0771. The van der Waals surface area contributed by atoms with E-state index in [0.717, 1.165) is 32.0 Å². The zero-order valence-electron chi connectivity index (χ0n) is 14.0. The fourth-order valence-electron chi connectivity index (χ4n) is 4.27. The molecule has 2 aromatic heterocycles. The van der Waals surface area contributed by atoms with Crippen LogP contribution in [0.5, 0.6) is 0 Å². The number of H-pyrrole nitrogens is 1. The number of hydrogen-bond donors (Lipinski definition) is 1. The average molecular weight is 339 g/mol. The second-order valence-corrected chi connectivity index (χ2v) is 7.40. The normalized spacial score (nSPS) is 25.9. The second kappa shape index (κ2) is 5.79. The fourth-order valence-corrected chi connectivity index (χ4v) is 4.27. The molecule has 0 radical (unpaired) electrons. The Bertz CT molecular complexity index is 759. The zero-order chi connectivity index (χ0) is 16.8. The van der Waals surface area contributed by atoms with Crippen molar-refractivity contribution in [3.8, 4) is 0 Å². The zero-order valence-corrected chi connectivity index (χ0v) is 14.0. The molecule has 8 heteroatoms. The first-order valence-electron chi connectivity index (χ1n) is 8.99. The monoisotopic (exact) mass is 339 g/mol. The van der Waals surface area contributed by atoms with Crippen molar-refractivity contribution in [1.82, 2.24) is 30.0 Å². The summed E-state index contributed by atoms with van der Waals surface area (Å²) in [7, 11) is 0. The largest absolute Gasteiger partial charge is 0.356 e. The lowest BCUT2D eigenvalue weighted by Crippen LogP contribution is -2.34. The molecule has 2 unspecified atom stereocenters. The Morgan fingerprint density at radius 1 is 1.04 bits per heavy atom. The predicted molar refractivity (Wildman–Crippen MR) is 90.1 cm³/mol. The van der Waals surface area contributed by atoms with Crippen molar-refractivity contribution in [1.29, 1.82) is 0 Å². The molecule has 0 bridgehead atoms. The van der Waals surface area contributed by atoms with Gasteiger partial charge in [0.15, 0.2) is 0 Å². The number of amides is 1. The van der Waals surface area contributed by atoms with E-state index in [0.29, 0.717) is 23.6 Å². The Hall–Kier alpha value is -2.51. The minimum atomic E-state index is -0.0484. The number of carbonyl (C=O) groups is 1. The molecule has 2 saturated heterocycles. The van der Waals surface area contributed by atoms with Crippen LogP contribution in [0.3, 0.4) is 0 Å². The number of aromatic nitrogens is 5. The number of nitrogens with zero attached hydrogens (tertiary/aromatic N) is 6. The molecule has 4 heterocycles. The third-order valence-electron chi connectivity index (χ3n) is 5.91. The molecule has 1 amide bonds. The molecule has 8 nitrogen and oxygen atoms in total. The molecule has 2 aromatic rings. The third kappa shape index (κ3) is 2.56. The number of carbonyl (C=O) groups excluding carboxylic acids is 1. The lowest BCUT2D eigenvalue weighted by atomic mass is 9.83. The summed E-state index contributed by atoms with van der Waals surface area (Å²) < 4.78 is 0. The minimum absolute atomic E-state index is 0.0484. The van der Waals surface area contributed by atoms with E-state index in [4.69, 9.17) is 0 Å². The topological polar surface area (TPSA) is 90.9 Å². The van der Waals surface area contributed by atoms with Gasteiger partial charge in [-0.3, -0.25) is 9.89 Å². The smallest absolute Gasteiger partial charge is 0.291 e. The highest BCUT2D eigenvalue weighted by atomic mass is 16.2. The van der Waals surface area contributed by atoms with E-state index < -0.39 is 0 Å². The number of rotatable bonds is 3. The van der Waals surface area contributed by atoms with E-state index in [2.05, 4.69) is 36.1 Å². The van der Waals surface area contributed by atoms with Gasteiger partial charge in [-0.2, -0.15) is 5.10 Å². The van der Waals surface area contributed by atoms with E-state index in [1.807, 2.05) is 4.90 Å². The number of nitrogens with one attached hydrogen (secondary N) is 1. The third-order valence-corrected chi connectivity index (χ3v) is 5.91. The first-order chi connectivity index (χ1) is 12.3. The molecule has 3 aliphatic rings. The Balaban J connectivity index is 1.26. The van der Waals surface area contributed by atoms with Crippen molar-refractivity contribution >= 4 is 11.7 Å². The molecule has 5 rings (SSSR count). The van der Waals surface area contributed by atoms with Gasteiger partial charge in [-0.1, -0.05) is 6.42 Å². The van der Waals surface area contributed by atoms with Gasteiger partial charge in [-0.25, -0.2) is 15.0 Å². The summed E-state index contributed by atoms with van der Waals surface area (Å²) in [5.41, 5.74) is 1.19. The van der Waals surface area contributed by atoms with Gasteiger partial charge in [0.2, 0.25) is 5.82 Å². The minimum Gasteiger partial charge on any atom is -0.356 e.